The van der Waals surface area contributed by atoms with Gasteiger partial charge in [-0.05, 0) is 29.6 Å². The summed E-state index contributed by atoms with van der Waals surface area (Å²) in [5, 5.41) is 7.41. The van der Waals surface area contributed by atoms with Gasteiger partial charge in [-0.3, -0.25) is 8.61 Å². The zero-order valence-corrected chi connectivity index (χ0v) is 14.2. The van der Waals surface area contributed by atoms with Gasteiger partial charge in [-0.25, -0.2) is 4.79 Å². The Morgan fingerprint density at radius 3 is 2.61 bits per heavy atom. The molecule has 0 fully saturated rings. The molecule has 9 heteroatoms. The summed E-state index contributed by atoms with van der Waals surface area (Å²) in [5.41, 5.74) is 1.64. The molecule has 0 radical (unpaired) electrons. The van der Waals surface area contributed by atoms with E-state index in [1.165, 1.54) is 22.7 Å². The second-order valence-corrected chi connectivity index (χ2v) is 8.06. The number of anilines is 3. The van der Waals surface area contributed by atoms with E-state index in [1.807, 2.05) is 17.5 Å². The van der Waals surface area contributed by atoms with Crippen LogP contribution in [0.5, 0.6) is 0 Å². The van der Waals surface area contributed by atoms with Crippen LogP contribution < -0.4 is 19.2 Å². The molecule has 0 spiro atoms. The van der Waals surface area contributed by atoms with Gasteiger partial charge in [0, 0.05) is 24.7 Å². The minimum atomic E-state index is -3.51. The summed E-state index contributed by atoms with van der Waals surface area (Å²) >= 11 is 1.57. The number of fused-ring (bicyclic) bond motifs is 1. The number of carbonyl (C=O) groups is 1. The monoisotopic (exact) mass is 352 g/mol. The van der Waals surface area contributed by atoms with Crippen LogP contribution in [0.2, 0.25) is 0 Å². The molecule has 3 rings (SSSR count). The van der Waals surface area contributed by atoms with Gasteiger partial charge in [0.15, 0.2) is 0 Å². The fraction of sp³-hybridized carbons (Fsp3) is 0.214. The molecular formula is C14H16N4O3S2. The molecule has 0 atom stereocenters. The van der Waals surface area contributed by atoms with Crippen molar-refractivity contribution in [2.75, 3.05) is 28.0 Å². The second kappa shape index (κ2) is 5.74. The van der Waals surface area contributed by atoms with Crippen LogP contribution in [0.3, 0.4) is 0 Å². The molecule has 0 unspecified atom stereocenters. The third kappa shape index (κ3) is 2.84. The highest BCUT2D eigenvalue weighted by Crippen LogP contribution is 2.40. The molecule has 23 heavy (non-hydrogen) atoms. The Bertz CT molecular complexity index is 834. The highest BCUT2D eigenvalue weighted by atomic mass is 32.2. The quantitative estimate of drug-likeness (QED) is 0.888. The van der Waals surface area contributed by atoms with Crippen LogP contribution in [0.1, 0.15) is 4.88 Å². The van der Waals surface area contributed by atoms with E-state index in [-0.39, 0.29) is 6.03 Å². The van der Waals surface area contributed by atoms with Crippen molar-refractivity contribution in [1.82, 2.24) is 5.32 Å². The molecule has 2 amide bonds. The van der Waals surface area contributed by atoms with E-state index < -0.39 is 10.2 Å². The van der Waals surface area contributed by atoms with Crippen LogP contribution in [-0.4, -0.2) is 28.5 Å². The van der Waals surface area contributed by atoms with Crippen LogP contribution in [-0.2, 0) is 16.8 Å². The van der Waals surface area contributed by atoms with Crippen molar-refractivity contribution in [3.63, 3.8) is 0 Å². The molecule has 1 aliphatic rings. The molecule has 122 valence electrons. The van der Waals surface area contributed by atoms with E-state index in [0.717, 1.165) is 4.88 Å². The predicted molar refractivity (Wildman–Crippen MR) is 92.3 cm³/mol. The molecule has 1 aromatic heterocycles. The second-order valence-electron chi connectivity index (χ2n) is 5.03. The molecule has 0 aliphatic carbocycles. The Morgan fingerprint density at radius 2 is 1.91 bits per heavy atom. The molecule has 2 N–H and O–H groups in total. The van der Waals surface area contributed by atoms with Crippen molar-refractivity contribution in [1.29, 1.82) is 0 Å². The van der Waals surface area contributed by atoms with Crippen molar-refractivity contribution in [2.45, 2.75) is 6.54 Å². The molecule has 0 bridgehead atoms. The Labute approximate surface area is 138 Å². The Kier molecular flexibility index (Phi) is 3.90. The normalized spacial score (nSPS) is 15.4. The van der Waals surface area contributed by atoms with Crippen molar-refractivity contribution >= 4 is 44.6 Å². The van der Waals surface area contributed by atoms with Gasteiger partial charge in [-0.15, -0.1) is 11.3 Å². The minimum Gasteiger partial charge on any atom is -0.333 e. The van der Waals surface area contributed by atoms with Gasteiger partial charge < -0.3 is 10.6 Å². The van der Waals surface area contributed by atoms with E-state index in [4.69, 9.17) is 0 Å². The van der Waals surface area contributed by atoms with E-state index in [9.17, 15) is 13.2 Å². The van der Waals surface area contributed by atoms with Crippen LogP contribution in [0, 0.1) is 0 Å². The maximum Gasteiger partial charge on any atom is 0.326 e. The summed E-state index contributed by atoms with van der Waals surface area (Å²) in [5.74, 6) is 0. The Balaban J connectivity index is 1.71. The van der Waals surface area contributed by atoms with E-state index >= 15 is 0 Å². The molecular weight excluding hydrogens is 336 g/mol. The smallest absolute Gasteiger partial charge is 0.326 e. The van der Waals surface area contributed by atoms with Crippen LogP contribution in [0.4, 0.5) is 21.9 Å². The number of nitrogens with zero attached hydrogens (tertiary/aromatic N) is 2. The first-order valence-corrected chi connectivity index (χ1v) is 9.11. The first kappa shape index (κ1) is 15.6. The molecule has 2 aromatic rings. The number of carbonyl (C=O) groups excluding carboxylic acids is 1. The number of nitrogens with one attached hydrogen (secondary N) is 2. The van der Waals surface area contributed by atoms with Gasteiger partial charge in [0.1, 0.15) is 0 Å². The lowest BCUT2D eigenvalue weighted by Crippen LogP contribution is -2.32. The SMILES string of the molecule is CN1c2ccc(NC(=O)NCc3cccs3)cc2N(C)S1(=O)=O. The lowest BCUT2D eigenvalue weighted by Gasteiger charge is -2.13. The highest BCUT2D eigenvalue weighted by molar-refractivity contribution is 7.94. The molecule has 2 heterocycles. The Morgan fingerprint density at radius 1 is 1.17 bits per heavy atom. The summed E-state index contributed by atoms with van der Waals surface area (Å²) in [6.45, 7) is 0.450. The molecule has 0 saturated carbocycles. The number of thiophene rings is 1. The van der Waals surface area contributed by atoms with Crippen molar-refractivity contribution in [3.8, 4) is 0 Å². The average molecular weight is 352 g/mol. The summed E-state index contributed by atoms with van der Waals surface area (Å²) in [6, 6.07) is 8.51. The zero-order chi connectivity index (χ0) is 16.6. The number of amides is 2. The van der Waals surface area contributed by atoms with E-state index in [2.05, 4.69) is 10.6 Å². The highest BCUT2D eigenvalue weighted by Gasteiger charge is 2.35. The lowest BCUT2D eigenvalue weighted by molar-refractivity contribution is 0.252. The summed E-state index contributed by atoms with van der Waals surface area (Å²) in [6.07, 6.45) is 0. The van der Waals surface area contributed by atoms with Gasteiger partial charge in [-0.1, -0.05) is 6.07 Å². The van der Waals surface area contributed by atoms with Crippen LogP contribution >= 0.6 is 11.3 Å². The van der Waals surface area contributed by atoms with Gasteiger partial charge >= 0.3 is 16.2 Å². The van der Waals surface area contributed by atoms with E-state index in [0.29, 0.717) is 23.6 Å². The van der Waals surface area contributed by atoms with Crippen molar-refractivity contribution in [3.05, 3.63) is 40.6 Å². The van der Waals surface area contributed by atoms with E-state index in [1.54, 1.807) is 29.5 Å². The zero-order valence-electron chi connectivity index (χ0n) is 12.6. The van der Waals surface area contributed by atoms with Gasteiger partial charge in [0.2, 0.25) is 0 Å². The number of benzene rings is 1. The van der Waals surface area contributed by atoms with Gasteiger partial charge in [0.25, 0.3) is 0 Å². The van der Waals surface area contributed by atoms with Gasteiger partial charge in [-0.2, -0.15) is 8.42 Å². The third-order valence-corrected chi connectivity index (χ3v) is 6.26. The maximum atomic E-state index is 12.1. The maximum absolute atomic E-state index is 12.1. The molecule has 1 aliphatic heterocycles. The average Bonchev–Trinajstić information content (AvgIpc) is 3.09. The number of hydrogen-bond acceptors (Lipinski definition) is 4. The number of urea groups is 1. The molecule has 7 nitrogen and oxygen atoms in total. The molecule has 0 saturated heterocycles. The number of rotatable bonds is 3. The van der Waals surface area contributed by atoms with Gasteiger partial charge in [0.05, 0.1) is 17.9 Å². The summed E-state index contributed by atoms with van der Waals surface area (Å²) in [7, 11) is -0.525. The molecule has 1 aromatic carbocycles. The fourth-order valence-electron chi connectivity index (χ4n) is 2.31. The standard InChI is InChI=1S/C14H16N4O3S2/c1-17-12-6-5-10(8-13(12)18(2)23(17,20)21)16-14(19)15-9-11-4-3-7-22-11/h3-8H,9H2,1-2H3,(H2,15,16,19). The first-order valence-electron chi connectivity index (χ1n) is 6.83. The lowest BCUT2D eigenvalue weighted by atomic mass is 10.2. The topological polar surface area (TPSA) is 81.8 Å². The predicted octanol–water partition coefficient (Wildman–Crippen LogP) is 2.20. The van der Waals surface area contributed by atoms with Crippen LogP contribution in [0.25, 0.3) is 0 Å². The summed E-state index contributed by atoms with van der Waals surface area (Å²) < 4.78 is 26.5. The largest absolute Gasteiger partial charge is 0.333 e. The number of hydrogen-bond donors (Lipinski definition) is 2. The summed E-state index contributed by atoms with van der Waals surface area (Å²) in [4.78, 5) is 13.0. The first-order chi connectivity index (χ1) is 10.9. The van der Waals surface area contributed by atoms with Crippen molar-refractivity contribution in [2.24, 2.45) is 0 Å². The minimum absolute atomic E-state index is 0.338. The van der Waals surface area contributed by atoms with Crippen molar-refractivity contribution < 1.29 is 13.2 Å². The Hall–Kier alpha value is -2.26. The van der Waals surface area contributed by atoms with Crippen LogP contribution in [0.15, 0.2) is 35.7 Å². The fourth-order valence-corrected chi connectivity index (χ4v) is 4.12. The third-order valence-electron chi connectivity index (χ3n) is 3.61.